The van der Waals surface area contributed by atoms with Crippen LogP contribution >= 0.6 is 0 Å². The average Bonchev–Trinajstić information content (AvgIpc) is 3.29. The Kier molecular flexibility index (Phi) is 9.74. The number of hydrogen-bond acceptors (Lipinski definition) is 5. The summed E-state index contributed by atoms with van der Waals surface area (Å²) in [4.78, 5) is 16.0. The predicted octanol–water partition coefficient (Wildman–Crippen LogP) is 6.54. The van der Waals surface area contributed by atoms with Crippen LogP contribution < -0.4 is 10.6 Å². The molecule has 0 bridgehead atoms. The zero-order valence-corrected chi connectivity index (χ0v) is 25.8. The average molecular weight is 552 g/mol. The van der Waals surface area contributed by atoms with Crippen molar-refractivity contribution in [2.24, 2.45) is 46.3 Å². The summed E-state index contributed by atoms with van der Waals surface area (Å²) in [5, 5.41) is 19.1. The molecule has 4 aliphatic carbocycles. The van der Waals surface area contributed by atoms with Crippen molar-refractivity contribution < 1.29 is 9.90 Å². The van der Waals surface area contributed by atoms with Gasteiger partial charge in [0.2, 0.25) is 0 Å². The Morgan fingerprint density at radius 3 is 2.60 bits per heavy atom. The first kappa shape index (κ1) is 30.2. The van der Waals surface area contributed by atoms with Crippen LogP contribution in [0, 0.1) is 46.3 Å². The van der Waals surface area contributed by atoms with Crippen LogP contribution in [0.3, 0.4) is 0 Å². The maximum atomic E-state index is 11.7. The second-order valence-electron chi connectivity index (χ2n) is 14.9. The highest BCUT2D eigenvalue weighted by atomic mass is 16.3. The minimum Gasteiger partial charge on any atom is -0.393 e. The van der Waals surface area contributed by atoms with E-state index in [1.165, 1.54) is 57.8 Å². The van der Waals surface area contributed by atoms with Crippen molar-refractivity contribution in [2.75, 3.05) is 13.1 Å². The SMILES string of the molecule is CC(=O)CCC(C)C1CCC2C3C(CCC12C)C1(C)CCC(NCCCCNCc2ccccn2)C[C@@H]1C[C@H]3O. The van der Waals surface area contributed by atoms with Gasteiger partial charge in [-0.05, 0) is 149 Å². The lowest BCUT2D eigenvalue weighted by Crippen LogP contribution is -2.59. The van der Waals surface area contributed by atoms with Crippen LogP contribution in [0.1, 0.15) is 110 Å². The van der Waals surface area contributed by atoms with Gasteiger partial charge in [0.25, 0.3) is 0 Å². The van der Waals surface area contributed by atoms with Crippen LogP contribution in [0.15, 0.2) is 24.4 Å². The summed E-state index contributed by atoms with van der Waals surface area (Å²) in [6, 6.07) is 6.69. The standard InChI is InChI=1S/C35H57N3O2/c1-24(10-11-25(2)39)29-12-13-30-33-31(15-17-35(29,30)4)34(3)16-14-27(21-26(34)22-32(33)40)37-20-8-7-18-36-23-28-9-5-6-19-38-28/h5-6,9,19,24,26-27,29-33,36-37,40H,7-8,10-18,20-23H2,1-4H3/t24?,26-,27?,29?,30?,31?,32-,33?,34?,35?/m1/s1. The van der Waals surface area contributed by atoms with Crippen LogP contribution in [0.25, 0.3) is 0 Å². The summed E-state index contributed by atoms with van der Waals surface area (Å²) in [6.07, 6.45) is 15.9. The van der Waals surface area contributed by atoms with Crippen molar-refractivity contribution in [3.8, 4) is 0 Å². The van der Waals surface area contributed by atoms with E-state index in [0.717, 1.165) is 44.6 Å². The Hall–Kier alpha value is -1.30. The summed E-state index contributed by atoms with van der Waals surface area (Å²) >= 11 is 0. The fraction of sp³-hybridized carbons (Fsp3) is 0.829. The topological polar surface area (TPSA) is 74.2 Å². The van der Waals surface area contributed by atoms with Crippen molar-refractivity contribution in [3.05, 3.63) is 30.1 Å². The Morgan fingerprint density at radius 1 is 1.05 bits per heavy atom. The highest BCUT2D eigenvalue weighted by molar-refractivity contribution is 5.75. The molecule has 5 heteroatoms. The van der Waals surface area contributed by atoms with Crippen LogP contribution in [-0.4, -0.2) is 41.1 Å². The molecule has 4 fully saturated rings. The van der Waals surface area contributed by atoms with Gasteiger partial charge in [0.1, 0.15) is 5.78 Å². The maximum absolute atomic E-state index is 11.7. The Labute approximate surface area is 244 Å². The van der Waals surface area contributed by atoms with E-state index in [1.54, 1.807) is 6.92 Å². The largest absolute Gasteiger partial charge is 0.393 e. The second-order valence-corrected chi connectivity index (χ2v) is 14.9. The van der Waals surface area contributed by atoms with E-state index in [9.17, 15) is 9.90 Å². The lowest BCUT2D eigenvalue weighted by Gasteiger charge is -2.62. The molecule has 4 saturated carbocycles. The highest BCUT2D eigenvalue weighted by Gasteiger charge is 2.62. The lowest BCUT2D eigenvalue weighted by atomic mass is 9.43. The number of aliphatic hydroxyl groups is 1. The van der Waals surface area contributed by atoms with Crippen molar-refractivity contribution in [3.63, 3.8) is 0 Å². The van der Waals surface area contributed by atoms with Gasteiger partial charge in [-0.1, -0.05) is 26.8 Å². The number of rotatable bonds is 12. The summed E-state index contributed by atoms with van der Waals surface area (Å²) in [5.74, 6) is 4.11. The highest BCUT2D eigenvalue weighted by Crippen LogP contribution is 2.68. The van der Waals surface area contributed by atoms with Gasteiger partial charge < -0.3 is 20.5 Å². The Bertz CT molecular complexity index is 971. The van der Waals surface area contributed by atoms with Gasteiger partial charge in [0.15, 0.2) is 0 Å². The van der Waals surface area contributed by atoms with E-state index in [2.05, 4.69) is 42.5 Å². The number of Topliss-reactive ketones (excluding diaryl/α,β-unsaturated/α-hetero) is 1. The molecule has 3 N–H and O–H groups in total. The molecule has 8 unspecified atom stereocenters. The number of fused-ring (bicyclic) bond motifs is 5. The van der Waals surface area contributed by atoms with Gasteiger partial charge in [-0.25, -0.2) is 0 Å². The van der Waals surface area contributed by atoms with Crippen LogP contribution in [0.2, 0.25) is 0 Å². The lowest BCUT2D eigenvalue weighted by molar-refractivity contribution is -0.167. The molecule has 1 heterocycles. The van der Waals surface area contributed by atoms with Crippen molar-refractivity contribution in [1.29, 1.82) is 0 Å². The molecule has 0 aliphatic heterocycles. The minimum atomic E-state index is -0.136. The fourth-order valence-corrected chi connectivity index (χ4v) is 10.4. The zero-order valence-electron chi connectivity index (χ0n) is 25.8. The van der Waals surface area contributed by atoms with E-state index in [4.69, 9.17) is 0 Å². The normalized spacial score (nSPS) is 39.7. The van der Waals surface area contributed by atoms with E-state index in [1.807, 2.05) is 18.3 Å². The van der Waals surface area contributed by atoms with Gasteiger partial charge >= 0.3 is 0 Å². The number of aromatic nitrogens is 1. The number of carbonyl (C=O) groups is 1. The monoisotopic (exact) mass is 551 g/mol. The molecule has 10 atom stereocenters. The van der Waals surface area contributed by atoms with E-state index in [-0.39, 0.29) is 6.10 Å². The smallest absolute Gasteiger partial charge is 0.129 e. The van der Waals surface area contributed by atoms with Crippen molar-refractivity contribution >= 4 is 5.78 Å². The Morgan fingerprint density at radius 2 is 1.82 bits per heavy atom. The first-order chi connectivity index (χ1) is 19.2. The molecule has 40 heavy (non-hydrogen) atoms. The fourth-order valence-electron chi connectivity index (χ4n) is 10.4. The number of nitrogens with zero attached hydrogens (tertiary/aromatic N) is 1. The summed E-state index contributed by atoms with van der Waals surface area (Å²) in [5.41, 5.74) is 1.83. The number of unbranched alkanes of at least 4 members (excludes halogenated alkanes) is 1. The molecule has 1 aromatic heterocycles. The molecular weight excluding hydrogens is 494 g/mol. The second kappa shape index (κ2) is 12.9. The Balaban J connectivity index is 1.10. The first-order valence-electron chi connectivity index (χ1n) is 16.7. The molecular formula is C35H57N3O2. The molecule has 0 radical (unpaired) electrons. The summed E-state index contributed by atoms with van der Waals surface area (Å²) < 4.78 is 0. The molecule has 0 saturated heterocycles. The molecule has 0 amide bonds. The third-order valence-corrected chi connectivity index (χ3v) is 12.6. The molecule has 5 rings (SSSR count). The number of nitrogens with one attached hydrogen (secondary N) is 2. The molecule has 0 spiro atoms. The van der Waals surface area contributed by atoms with Gasteiger partial charge in [-0.2, -0.15) is 0 Å². The number of hydrogen-bond donors (Lipinski definition) is 3. The number of aliphatic hydroxyl groups excluding tert-OH is 1. The van der Waals surface area contributed by atoms with Crippen molar-refractivity contribution in [1.82, 2.24) is 15.6 Å². The first-order valence-corrected chi connectivity index (χ1v) is 16.7. The number of carbonyl (C=O) groups excluding carboxylic acids is 1. The van der Waals surface area contributed by atoms with E-state index >= 15 is 0 Å². The maximum Gasteiger partial charge on any atom is 0.129 e. The van der Waals surface area contributed by atoms with Gasteiger partial charge in [-0.3, -0.25) is 4.98 Å². The predicted molar refractivity (Wildman–Crippen MR) is 163 cm³/mol. The van der Waals surface area contributed by atoms with Crippen LogP contribution in [-0.2, 0) is 11.3 Å². The van der Waals surface area contributed by atoms with Crippen LogP contribution in [0.5, 0.6) is 0 Å². The molecule has 4 aliphatic rings. The molecule has 0 aromatic carbocycles. The molecule has 1 aromatic rings. The molecule has 5 nitrogen and oxygen atoms in total. The van der Waals surface area contributed by atoms with E-state index in [0.29, 0.717) is 58.2 Å². The van der Waals surface area contributed by atoms with E-state index < -0.39 is 0 Å². The third-order valence-electron chi connectivity index (χ3n) is 12.6. The number of pyridine rings is 1. The summed E-state index contributed by atoms with van der Waals surface area (Å²) in [7, 11) is 0. The quantitative estimate of drug-likeness (QED) is 0.257. The third kappa shape index (κ3) is 6.22. The molecule has 224 valence electrons. The van der Waals surface area contributed by atoms with Gasteiger partial charge in [0.05, 0.1) is 11.8 Å². The minimum absolute atomic E-state index is 0.136. The summed E-state index contributed by atoms with van der Waals surface area (Å²) in [6.45, 7) is 12.3. The zero-order chi connectivity index (χ0) is 28.3. The van der Waals surface area contributed by atoms with Gasteiger partial charge in [0, 0.05) is 25.2 Å². The van der Waals surface area contributed by atoms with Crippen LogP contribution in [0.4, 0.5) is 0 Å². The van der Waals surface area contributed by atoms with Crippen molar-refractivity contribution in [2.45, 2.75) is 123 Å². The van der Waals surface area contributed by atoms with Gasteiger partial charge in [-0.15, -0.1) is 0 Å². The number of ketones is 1.